The number of carbonyl (C=O) groups is 1. The van der Waals surface area contributed by atoms with E-state index < -0.39 is 0 Å². The van der Waals surface area contributed by atoms with Crippen LogP contribution >= 0.6 is 11.3 Å². The van der Waals surface area contributed by atoms with Gasteiger partial charge in [-0.15, -0.1) is 0 Å². The van der Waals surface area contributed by atoms with Crippen molar-refractivity contribution in [3.8, 4) is 0 Å². The molecule has 22 heavy (non-hydrogen) atoms. The first-order valence-corrected chi connectivity index (χ1v) is 7.72. The van der Waals surface area contributed by atoms with Crippen LogP contribution in [-0.4, -0.2) is 25.0 Å². The number of rotatable bonds is 4. The Kier molecular flexibility index (Phi) is 4.18. The van der Waals surface area contributed by atoms with Crippen molar-refractivity contribution in [2.45, 2.75) is 6.61 Å². The lowest BCUT2D eigenvalue weighted by Gasteiger charge is -2.14. The summed E-state index contributed by atoms with van der Waals surface area (Å²) < 4.78 is 6.19. The number of anilines is 1. The van der Waals surface area contributed by atoms with Gasteiger partial charge in [-0.1, -0.05) is 35.6 Å². The first-order valence-electron chi connectivity index (χ1n) is 6.90. The van der Waals surface area contributed by atoms with Crippen molar-refractivity contribution in [1.29, 1.82) is 0 Å². The van der Waals surface area contributed by atoms with Gasteiger partial charge in [0, 0.05) is 19.7 Å². The summed E-state index contributed by atoms with van der Waals surface area (Å²) in [5, 5.41) is 0.698. The molecule has 0 radical (unpaired) electrons. The molecule has 2 aromatic carbocycles. The van der Waals surface area contributed by atoms with E-state index in [1.807, 2.05) is 48.5 Å². The summed E-state index contributed by atoms with van der Waals surface area (Å²) in [5.41, 5.74) is 2.53. The second-order valence-corrected chi connectivity index (χ2v) is 5.97. The molecule has 0 fully saturated rings. The number of aromatic nitrogens is 1. The van der Waals surface area contributed by atoms with Crippen LogP contribution in [0.5, 0.6) is 0 Å². The van der Waals surface area contributed by atoms with Crippen molar-refractivity contribution in [2.75, 3.05) is 19.1 Å². The molecule has 0 saturated heterocycles. The van der Waals surface area contributed by atoms with Gasteiger partial charge in [-0.25, -0.2) is 4.98 Å². The monoisotopic (exact) mass is 312 g/mol. The van der Waals surface area contributed by atoms with E-state index >= 15 is 0 Å². The normalized spacial score (nSPS) is 10.8. The molecule has 3 aromatic rings. The van der Waals surface area contributed by atoms with Crippen molar-refractivity contribution in [2.24, 2.45) is 0 Å². The fourth-order valence-corrected chi connectivity index (χ4v) is 3.17. The highest BCUT2D eigenvalue weighted by molar-refractivity contribution is 7.22. The molecule has 0 unspecified atom stereocenters. The van der Waals surface area contributed by atoms with Crippen molar-refractivity contribution in [1.82, 2.24) is 4.98 Å². The number of carbonyl (C=O) groups excluding carboxylic acids is 1. The van der Waals surface area contributed by atoms with E-state index in [0.29, 0.717) is 17.3 Å². The molecule has 0 atom stereocenters. The summed E-state index contributed by atoms with van der Waals surface area (Å²) in [7, 11) is 3.39. The molecule has 0 aliphatic rings. The first-order chi connectivity index (χ1) is 10.7. The molecule has 4 nitrogen and oxygen atoms in total. The number of thiazole rings is 1. The largest absolute Gasteiger partial charge is 0.380 e. The lowest BCUT2D eigenvalue weighted by atomic mass is 10.1. The minimum atomic E-state index is -0.0722. The van der Waals surface area contributed by atoms with Crippen LogP contribution in [0.3, 0.4) is 0 Å². The molecule has 112 valence electrons. The van der Waals surface area contributed by atoms with Gasteiger partial charge in [0.1, 0.15) is 0 Å². The van der Waals surface area contributed by atoms with Gasteiger partial charge >= 0.3 is 0 Å². The topological polar surface area (TPSA) is 42.4 Å². The fourth-order valence-electron chi connectivity index (χ4n) is 2.24. The Labute approximate surface area is 133 Å². The van der Waals surface area contributed by atoms with Gasteiger partial charge in [0.25, 0.3) is 5.91 Å². The van der Waals surface area contributed by atoms with E-state index in [1.54, 1.807) is 19.1 Å². The summed E-state index contributed by atoms with van der Waals surface area (Å²) >= 11 is 1.51. The van der Waals surface area contributed by atoms with Crippen LogP contribution in [0.15, 0.2) is 48.5 Å². The average Bonchev–Trinajstić information content (AvgIpc) is 2.98. The first kappa shape index (κ1) is 14.7. The zero-order valence-electron chi connectivity index (χ0n) is 12.4. The Hall–Kier alpha value is -2.24. The molecular formula is C17H16N2O2S. The van der Waals surface area contributed by atoms with Gasteiger partial charge in [0.15, 0.2) is 5.13 Å². The predicted molar refractivity (Wildman–Crippen MR) is 89.5 cm³/mol. The minimum Gasteiger partial charge on any atom is -0.380 e. The highest BCUT2D eigenvalue weighted by atomic mass is 32.1. The van der Waals surface area contributed by atoms with Crippen LogP contribution in [-0.2, 0) is 11.3 Å². The maximum absolute atomic E-state index is 12.6. The van der Waals surface area contributed by atoms with Crippen molar-refractivity contribution >= 4 is 32.6 Å². The van der Waals surface area contributed by atoms with Gasteiger partial charge < -0.3 is 4.74 Å². The molecule has 0 bridgehead atoms. The van der Waals surface area contributed by atoms with Gasteiger partial charge in [0.2, 0.25) is 0 Å². The van der Waals surface area contributed by atoms with Crippen LogP contribution in [0.1, 0.15) is 15.9 Å². The SMILES string of the molecule is COCc1cccc(C(=O)N(C)c2nc3ccccc3s2)c1. The molecule has 0 aliphatic carbocycles. The lowest BCUT2D eigenvalue weighted by Crippen LogP contribution is -2.26. The molecule has 1 aromatic heterocycles. The molecule has 0 saturated carbocycles. The summed E-state index contributed by atoms with van der Waals surface area (Å²) in [5.74, 6) is -0.0722. The molecule has 0 spiro atoms. The molecule has 0 N–H and O–H groups in total. The van der Waals surface area contributed by atoms with E-state index in [-0.39, 0.29) is 5.91 Å². The van der Waals surface area contributed by atoms with E-state index in [0.717, 1.165) is 15.8 Å². The third kappa shape index (κ3) is 2.86. The Balaban J connectivity index is 1.89. The summed E-state index contributed by atoms with van der Waals surface area (Å²) in [4.78, 5) is 18.7. The maximum atomic E-state index is 12.6. The third-order valence-electron chi connectivity index (χ3n) is 3.36. The second kappa shape index (κ2) is 6.25. The van der Waals surface area contributed by atoms with Gasteiger partial charge in [-0.3, -0.25) is 9.69 Å². The van der Waals surface area contributed by atoms with E-state index in [2.05, 4.69) is 4.98 Å². The van der Waals surface area contributed by atoms with E-state index in [4.69, 9.17) is 4.74 Å². The quantitative estimate of drug-likeness (QED) is 0.737. The average molecular weight is 312 g/mol. The van der Waals surface area contributed by atoms with Crippen molar-refractivity contribution in [3.05, 3.63) is 59.7 Å². The highest BCUT2D eigenvalue weighted by Crippen LogP contribution is 2.28. The number of benzene rings is 2. The van der Waals surface area contributed by atoms with Crippen LogP contribution in [0.4, 0.5) is 5.13 Å². The molecule has 0 aliphatic heterocycles. The van der Waals surface area contributed by atoms with Gasteiger partial charge in [0.05, 0.1) is 16.8 Å². The van der Waals surface area contributed by atoms with Crippen LogP contribution in [0, 0.1) is 0 Å². The minimum absolute atomic E-state index is 0.0722. The Morgan fingerprint density at radius 3 is 2.82 bits per heavy atom. The van der Waals surface area contributed by atoms with Crippen LogP contribution in [0.25, 0.3) is 10.2 Å². The van der Waals surface area contributed by atoms with Crippen molar-refractivity contribution < 1.29 is 9.53 Å². The zero-order valence-corrected chi connectivity index (χ0v) is 13.3. The Bertz CT molecular complexity index is 780. The lowest BCUT2D eigenvalue weighted by molar-refractivity contribution is 0.0992. The highest BCUT2D eigenvalue weighted by Gasteiger charge is 2.17. The summed E-state index contributed by atoms with van der Waals surface area (Å²) in [6.45, 7) is 0.492. The third-order valence-corrected chi connectivity index (χ3v) is 4.47. The maximum Gasteiger partial charge on any atom is 0.259 e. The number of nitrogens with zero attached hydrogens (tertiary/aromatic N) is 2. The Morgan fingerprint density at radius 2 is 2.05 bits per heavy atom. The summed E-state index contributed by atoms with van der Waals surface area (Å²) in [6, 6.07) is 15.4. The number of fused-ring (bicyclic) bond motifs is 1. The number of ether oxygens (including phenoxy) is 1. The second-order valence-electron chi connectivity index (χ2n) is 4.96. The van der Waals surface area contributed by atoms with E-state index in [1.165, 1.54) is 11.3 Å². The molecule has 5 heteroatoms. The van der Waals surface area contributed by atoms with Crippen LogP contribution in [0.2, 0.25) is 0 Å². The fraction of sp³-hybridized carbons (Fsp3) is 0.176. The summed E-state index contributed by atoms with van der Waals surface area (Å²) in [6.07, 6.45) is 0. The van der Waals surface area contributed by atoms with Gasteiger partial charge in [-0.2, -0.15) is 0 Å². The molecule has 1 amide bonds. The van der Waals surface area contributed by atoms with Crippen molar-refractivity contribution in [3.63, 3.8) is 0 Å². The molecule has 3 rings (SSSR count). The van der Waals surface area contributed by atoms with E-state index in [9.17, 15) is 4.79 Å². The van der Waals surface area contributed by atoms with Crippen LogP contribution < -0.4 is 4.90 Å². The zero-order chi connectivity index (χ0) is 15.5. The standard InChI is InChI=1S/C17H16N2O2S/c1-19(17-18-14-8-3-4-9-15(14)22-17)16(20)13-7-5-6-12(10-13)11-21-2/h3-10H,11H2,1-2H3. The number of hydrogen-bond acceptors (Lipinski definition) is 4. The number of para-hydroxylation sites is 1. The Morgan fingerprint density at radius 1 is 1.23 bits per heavy atom. The smallest absolute Gasteiger partial charge is 0.259 e. The predicted octanol–water partition coefficient (Wildman–Crippen LogP) is 3.72. The number of methoxy groups -OCH3 is 1. The molecular weight excluding hydrogens is 296 g/mol. The van der Waals surface area contributed by atoms with Gasteiger partial charge in [-0.05, 0) is 29.8 Å². The molecule has 1 heterocycles. The number of hydrogen-bond donors (Lipinski definition) is 0. The number of amides is 1.